The minimum atomic E-state index is -3.21. The van der Waals surface area contributed by atoms with Crippen molar-refractivity contribution in [2.75, 3.05) is 24.2 Å². The average molecular weight is 319 g/mol. The van der Waals surface area contributed by atoms with Gasteiger partial charge in [-0.25, -0.2) is 8.42 Å². The van der Waals surface area contributed by atoms with Crippen LogP contribution in [0.3, 0.4) is 0 Å². The second-order valence-corrected chi connectivity index (χ2v) is 7.25. The molecule has 22 heavy (non-hydrogen) atoms. The van der Waals surface area contributed by atoms with Gasteiger partial charge in [-0.3, -0.25) is 0 Å². The number of likely N-dealkylation sites (N-methyl/N-ethyl adjacent to an activating group) is 1. The second kappa shape index (κ2) is 6.94. The van der Waals surface area contributed by atoms with Gasteiger partial charge in [0, 0.05) is 25.0 Å². The van der Waals surface area contributed by atoms with E-state index in [1.807, 2.05) is 37.3 Å². The molecule has 1 N–H and O–H groups in total. The molecule has 0 fully saturated rings. The van der Waals surface area contributed by atoms with E-state index in [-0.39, 0.29) is 4.90 Å². The highest BCUT2D eigenvalue weighted by atomic mass is 32.2. The van der Waals surface area contributed by atoms with Crippen molar-refractivity contribution in [1.29, 1.82) is 0 Å². The van der Waals surface area contributed by atoms with Crippen LogP contribution in [0.1, 0.15) is 18.6 Å². The molecule has 0 aliphatic carbocycles. The van der Waals surface area contributed by atoms with E-state index >= 15 is 0 Å². The normalized spacial score (nSPS) is 12.9. The first kappa shape index (κ1) is 16.5. The zero-order chi connectivity index (χ0) is 16.2. The first-order chi connectivity index (χ1) is 10.4. The molecule has 4 nitrogen and oxygen atoms in total. The SMILES string of the molecule is CCN(CC(O)c1ccc(S(C)(=O)=O)cc1)c1ccccc1. The highest BCUT2D eigenvalue weighted by Gasteiger charge is 2.14. The summed E-state index contributed by atoms with van der Waals surface area (Å²) in [6, 6.07) is 16.3. The topological polar surface area (TPSA) is 57.6 Å². The molecule has 2 aromatic carbocycles. The van der Waals surface area contributed by atoms with Crippen molar-refractivity contribution in [3.63, 3.8) is 0 Å². The Labute approximate surface area is 131 Å². The number of hydrogen-bond acceptors (Lipinski definition) is 4. The predicted molar refractivity (Wildman–Crippen MR) is 88.8 cm³/mol. The number of aliphatic hydroxyl groups is 1. The number of benzene rings is 2. The molecule has 0 aliphatic heterocycles. The molecular formula is C17H21NO3S. The van der Waals surface area contributed by atoms with Crippen molar-refractivity contribution in [2.24, 2.45) is 0 Å². The standard InChI is InChI=1S/C17H21NO3S/c1-3-18(15-7-5-4-6-8-15)13-17(19)14-9-11-16(12-10-14)22(2,20)21/h4-12,17,19H,3,13H2,1-2H3. The van der Waals surface area contributed by atoms with E-state index in [2.05, 4.69) is 4.90 Å². The van der Waals surface area contributed by atoms with Crippen molar-refractivity contribution in [2.45, 2.75) is 17.9 Å². The third kappa shape index (κ3) is 4.08. The van der Waals surface area contributed by atoms with Gasteiger partial charge in [-0.2, -0.15) is 0 Å². The van der Waals surface area contributed by atoms with Crippen molar-refractivity contribution in [3.05, 3.63) is 60.2 Å². The molecule has 1 unspecified atom stereocenters. The zero-order valence-electron chi connectivity index (χ0n) is 12.8. The Morgan fingerprint density at radius 3 is 2.14 bits per heavy atom. The van der Waals surface area contributed by atoms with Crippen LogP contribution in [-0.2, 0) is 9.84 Å². The summed E-state index contributed by atoms with van der Waals surface area (Å²) in [4.78, 5) is 2.34. The fourth-order valence-corrected chi connectivity index (χ4v) is 2.94. The van der Waals surface area contributed by atoms with Gasteiger partial charge in [-0.05, 0) is 36.8 Å². The third-order valence-corrected chi connectivity index (χ3v) is 4.72. The summed E-state index contributed by atoms with van der Waals surface area (Å²) >= 11 is 0. The van der Waals surface area contributed by atoms with Crippen LogP contribution in [0.5, 0.6) is 0 Å². The van der Waals surface area contributed by atoms with Gasteiger partial charge < -0.3 is 10.0 Å². The highest BCUT2D eigenvalue weighted by Crippen LogP contribution is 2.21. The maximum Gasteiger partial charge on any atom is 0.175 e. The molecule has 0 aliphatic rings. The predicted octanol–water partition coefficient (Wildman–Crippen LogP) is 2.65. The molecule has 0 heterocycles. The van der Waals surface area contributed by atoms with E-state index in [0.717, 1.165) is 12.2 Å². The van der Waals surface area contributed by atoms with Gasteiger partial charge in [-0.1, -0.05) is 30.3 Å². The van der Waals surface area contributed by atoms with Crippen molar-refractivity contribution >= 4 is 15.5 Å². The first-order valence-corrected chi connectivity index (χ1v) is 9.09. The molecule has 2 rings (SSSR count). The van der Waals surface area contributed by atoms with Crippen molar-refractivity contribution in [1.82, 2.24) is 0 Å². The summed E-state index contributed by atoms with van der Waals surface area (Å²) in [5.74, 6) is 0. The molecule has 0 spiro atoms. The van der Waals surface area contributed by atoms with E-state index in [9.17, 15) is 13.5 Å². The molecular weight excluding hydrogens is 298 g/mol. The van der Waals surface area contributed by atoms with Gasteiger partial charge >= 0.3 is 0 Å². The number of nitrogens with zero attached hydrogens (tertiary/aromatic N) is 1. The number of aliphatic hydroxyl groups excluding tert-OH is 1. The Bertz CT molecular complexity index is 696. The van der Waals surface area contributed by atoms with Crippen LogP contribution >= 0.6 is 0 Å². The largest absolute Gasteiger partial charge is 0.387 e. The molecule has 0 radical (unpaired) electrons. The molecule has 118 valence electrons. The van der Waals surface area contributed by atoms with Crippen molar-refractivity contribution in [3.8, 4) is 0 Å². The number of anilines is 1. The average Bonchev–Trinajstić information content (AvgIpc) is 2.52. The van der Waals surface area contributed by atoms with E-state index in [4.69, 9.17) is 0 Å². The van der Waals surface area contributed by atoms with Gasteiger partial charge in [0.15, 0.2) is 9.84 Å². The number of sulfone groups is 1. The molecule has 0 bridgehead atoms. The molecule has 0 saturated carbocycles. The fraction of sp³-hybridized carbons (Fsp3) is 0.294. The summed E-state index contributed by atoms with van der Waals surface area (Å²) in [6.45, 7) is 3.27. The molecule has 2 aromatic rings. The van der Waals surface area contributed by atoms with E-state index < -0.39 is 15.9 Å². The second-order valence-electron chi connectivity index (χ2n) is 5.23. The van der Waals surface area contributed by atoms with Gasteiger partial charge in [0.1, 0.15) is 0 Å². The van der Waals surface area contributed by atoms with Crippen LogP contribution in [0.25, 0.3) is 0 Å². The quantitative estimate of drug-likeness (QED) is 0.889. The van der Waals surface area contributed by atoms with Gasteiger partial charge in [0.25, 0.3) is 0 Å². The first-order valence-electron chi connectivity index (χ1n) is 7.20. The van der Waals surface area contributed by atoms with Crippen LogP contribution in [0.4, 0.5) is 5.69 Å². The van der Waals surface area contributed by atoms with Gasteiger partial charge in [0.05, 0.1) is 11.0 Å². The Hall–Kier alpha value is -1.85. The lowest BCUT2D eigenvalue weighted by molar-refractivity contribution is 0.183. The van der Waals surface area contributed by atoms with E-state index in [1.165, 1.54) is 18.4 Å². The lowest BCUT2D eigenvalue weighted by atomic mass is 10.1. The lowest BCUT2D eigenvalue weighted by Gasteiger charge is -2.26. The number of para-hydroxylation sites is 1. The Morgan fingerprint density at radius 1 is 1.05 bits per heavy atom. The highest BCUT2D eigenvalue weighted by molar-refractivity contribution is 7.90. The molecule has 0 amide bonds. The minimum absolute atomic E-state index is 0.263. The molecule has 0 aromatic heterocycles. The van der Waals surface area contributed by atoms with Gasteiger partial charge in [0.2, 0.25) is 0 Å². The zero-order valence-corrected chi connectivity index (χ0v) is 13.6. The molecule has 0 saturated heterocycles. The van der Waals surface area contributed by atoms with Crippen LogP contribution in [0, 0.1) is 0 Å². The van der Waals surface area contributed by atoms with E-state index in [1.54, 1.807) is 12.1 Å². The number of hydrogen-bond donors (Lipinski definition) is 1. The van der Waals surface area contributed by atoms with Crippen LogP contribution in [-0.4, -0.2) is 32.9 Å². The summed E-state index contributed by atoms with van der Waals surface area (Å²) < 4.78 is 22.9. The summed E-state index contributed by atoms with van der Waals surface area (Å²) in [6.07, 6.45) is 0.501. The Morgan fingerprint density at radius 2 is 1.64 bits per heavy atom. The minimum Gasteiger partial charge on any atom is -0.387 e. The Kier molecular flexibility index (Phi) is 5.21. The maximum atomic E-state index is 11.5. The molecule has 1 atom stereocenters. The fourth-order valence-electron chi connectivity index (χ4n) is 2.31. The maximum absolute atomic E-state index is 11.5. The van der Waals surface area contributed by atoms with Crippen molar-refractivity contribution < 1.29 is 13.5 Å². The van der Waals surface area contributed by atoms with E-state index in [0.29, 0.717) is 12.1 Å². The third-order valence-electron chi connectivity index (χ3n) is 3.59. The smallest absolute Gasteiger partial charge is 0.175 e. The van der Waals surface area contributed by atoms with Crippen LogP contribution in [0.2, 0.25) is 0 Å². The summed E-state index contributed by atoms with van der Waals surface area (Å²) in [5, 5.41) is 10.4. The van der Waals surface area contributed by atoms with Crippen LogP contribution in [0.15, 0.2) is 59.5 Å². The molecule has 5 heteroatoms. The summed E-state index contributed by atoms with van der Waals surface area (Å²) in [7, 11) is -3.21. The summed E-state index contributed by atoms with van der Waals surface area (Å²) in [5.41, 5.74) is 1.76. The number of rotatable bonds is 6. The lowest BCUT2D eigenvalue weighted by Crippen LogP contribution is -2.28. The monoisotopic (exact) mass is 319 g/mol. The van der Waals surface area contributed by atoms with Crippen LogP contribution < -0.4 is 4.90 Å². The Balaban J connectivity index is 2.12. The van der Waals surface area contributed by atoms with Gasteiger partial charge in [-0.15, -0.1) is 0 Å².